The molecule has 0 fully saturated rings. The van der Waals surface area contributed by atoms with Crippen LogP contribution >= 0.6 is 0 Å². The average Bonchev–Trinajstić information content (AvgIpc) is 2.72. The van der Waals surface area contributed by atoms with Crippen molar-refractivity contribution in [3.8, 4) is 0 Å². The Balaban J connectivity index is 2.24. The highest BCUT2D eigenvalue weighted by Gasteiger charge is 2.27. The first-order chi connectivity index (χ1) is 14.3. The van der Waals surface area contributed by atoms with Crippen LogP contribution in [0.15, 0.2) is 53.4 Å². The number of amides is 1. The van der Waals surface area contributed by atoms with Gasteiger partial charge in [0.2, 0.25) is 5.91 Å². The molecule has 0 radical (unpaired) electrons. The third kappa shape index (κ3) is 6.59. The van der Waals surface area contributed by atoms with E-state index in [0.29, 0.717) is 18.2 Å². The minimum Gasteiger partial charge on any atom is -0.354 e. The maximum atomic E-state index is 13.4. The predicted octanol–water partition coefficient (Wildman–Crippen LogP) is 4.83. The lowest BCUT2D eigenvalue weighted by molar-refractivity contribution is -0.119. The Kier molecular flexibility index (Phi) is 8.90. The molecular weight excluding hydrogens is 396 g/mol. The summed E-state index contributed by atoms with van der Waals surface area (Å²) in [5, 5.41) is 2.95. The maximum absolute atomic E-state index is 13.4. The van der Waals surface area contributed by atoms with Gasteiger partial charge in [-0.05, 0) is 56.0 Å². The maximum Gasteiger partial charge on any atom is 0.264 e. The molecule has 1 atom stereocenters. The molecule has 1 N–H and O–H groups in total. The molecule has 2 aromatic carbocycles. The van der Waals surface area contributed by atoms with Crippen molar-refractivity contribution in [3.63, 3.8) is 0 Å². The van der Waals surface area contributed by atoms with Gasteiger partial charge in [0.05, 0.1) is 10.6 Å². The number of unbranched alkanes of at least 4 members (excludes halogenated alkanes) is 1. The van der Waals surface area contributed by atoms with E-state index in [9.17, 15) is 13.2 Å². The van der Waals surface area contributed by atoms with Gasteiger partial charge in [0.1, 0.15) is 6.54 Å². The Morgan fingerprint density at radius 2 is 1.73 bits per heavy atom. The number of hydrogen-bond acceptors (Lipinski definition) is 3. The standard InChI is InChI=1S/C24H34N2O3S/c1-5-7-10-21(6-2)17-25-24(27)18-26(22-11-8-9-20(4)16-22)30(28,29)23-14-12-19(3)13-15-23/h8-9,11-16,21H,5-7,10,17-18H2,1-4H3,(H,25,27). The Morgan fingerprint density at radius 3 is 2.33 bits per heavy atom. The Bertz CT molecular complexity index is 924. The van der Waals surface area contributed by atoms with Crippen molar-refractivity contribution in [2.45, 2.75) is 58.3 Å². The number of aryl methyl sites for hydroxylation is 2. The van der Waals surface area contributed by atoms with Crippen LogP contribution in [0.3, 0.4) is 0 Å². The van der Waals surface area contributed by atoms with E-state index in [0.717, 1.165) is 36.8 Å². The van der Waals surface area contributed by atoms with E-state index in [2.05, 4.69) is 19.2 Å². The van der Waals surface area contributed by atoms with Crippen molar-refractivity contribution >= 4 is 21.6 Å². The number of benzene rings is 2. The summed E-state index contributed by atoms with van der Waals surface area (Å²) in [6, 6.07) is 13.9. The van der Waals surface area contributed by atoms with E-state index in [4.69, 9.17) is 0 Å². The lowest BCUT2D eigenvalue weighted by atomic mass is 9.99. The Hall–Kier alpha value is -2.34. The van der Waals surface area contributed by atoms with Gasteiger partial charge in [0.15, 0.2) is 0 Å². The van der Waals surface area contributed by atoms with Crippen LogP contribution in [0.2, 0.25) is 0 Å². The van der Waals surface area contributed by atoms with Crippen LogP contribution in [0, 0.1) is 19.8 Å². The van der Waals surface area contributed by atoms with Gasteiger partial charge in [0, 0.05) is 6.54 Å². The van der Waals surface area contributed by atoms with Crippen LogP contribution in [-0.4, -0.2) is 27.4 Å². The van der Waals surface area contributed by atoms with E-state index < -0.39 is 10.0 Å². The van der Waals surface area contributed by atoms with Crippen molar-refractivity contribution in [2.75, 3.05) is 17.4 Å². The molecule has 164 valence electrons. The SMILES string of the molecule is CCCCC(CC)CNC(=O)CN(c1cccc(C)c1)S(=O)(=O)c1ccc(C)cc1. The number of hydrogen-bond donors (Lipinski definition) is 1. The van der Waals surface area contributed by atoms with Crippen LogP contribution in [0.1, 0.15) is 50.7 Å². The van der Waals surface area contributed by atoms with Gasteiger partial charge < -0.3 is 5.32 Å². The van der Waals surface area contributed by atoms with Crippen molar-refractivity contribution < 1.29 is 13.2 Å². The molecule has 0 aliphatic heterocycles. The van der Waals surface area contributed by atoms with Gasteiger partial charge in [-0.15, -0.1) is 0 Å². The van der Waals surface area contributed by atoms with E-state index in [1.807, 2.05) is 19.9 Å². The van der Waals surface area contributed by atoms with Crippen LogP contribution < -0.4 is 9.62 Å². The molecule has 30 heavy (non-hydrogen) atoms. The fourth-order valence-electron chi connectivity index (χ4n) is 3.32. The van der Waals surface area contributed by atoms with E-state index >= 15 is 0 Å². The number of carbonyl (C=O) groups is 1. The van der Waals surface area contributed by atoms with Crippen LogP contribution in [-0.2, 0) is 14.8 Å². The van der Waals surface area contributed by atoms with Gasteiger partial charge in [-0.3, -0.25) is 9.10 Å². The first-order valence-electron chi connectivity index (χ1n) is 10.7. The van der Waals surface area contributed by atoms with Gasteiger partial charge in [-0.2, -0.15) is 0 Å². The van der Waals surface area contributed by atoms with Crippen molar-refractivity contribution in [1.29, 1.82) is 0 Å². The third-order valence-corrected chi connectivity index (χ3v) is 7.11. The molecule has 0 aliphatic carbocycles. The molecule has 1 unspecified atom stereocenters. The largest absolute Gasteiger partial charge is 0.354 e. The first kappa shape index (κ1) is 23.9. The molecular formula is C24H34N2O3S. The molecule has 0 aliphatic rings. The smallest absolute Gasteiger partial charge is 0.264 e. The lowest BCUT2D eigenvalue weighted by Crippen LogP contribution is -2.42. The van der Waals surface area contributed by atoms with Gasteiger partial charge in [-0.1, -0.05) is 62.9 Å². The number of nitrogens with zero attached hydrogens (tertiary/aromatic N) is 1. The molecule has 1 amide bonds. The molecule has 0 saturated heterocycles. The molecule has 6 heteroatoms. The normalized spacial score (nSPS) is 12.4. The fraction of sp³-hybridized carbons (Fsp3) is 0.458. The van der Waals surface area contributed by atoms with Gasteiger partial charge in [0.25, 0.3) is 10.0 Å². The van der Waals surface area contributed by atoms with E-state index in [1.165, 1.54) is 4.31 Å². The van der Waals surface area contributed by atoms with Crippen LogP contribution in [0.4, 0.5) is 5.69 Å². The number of rotatable bonds is 11. The summed E-state index contributed by atoms with van der Waals surface area (Å²) in [4.78, 5) is 12.9. The summed E-state index contributed by atoms with van der Waals surface area (Å²) >= 11 is 0. The first-order valence-corrected chi connectivity index (χ1v) is 12.1. The zero-order valence-electron chi connectivity index (χ0n) is 18.5. The highest BCUT2D eigenvalue weighted by Crippen LogP contribution is 2.24. The number of anilines is 1. The van der Waals surface area contributed by atoms with Crippen LogP contribution in [0.5, 0.6) is 0 Å². The van der Waals surface area contributed by atoms with Crippen LogP contribution in [0.25, 0.3) is 0 Å². The molecule has 2 aromatic rings. The summed E-state index contributed by atoms with van der Waals surface area (Å²) < 4.78 is 27.9. The summed E-state index contributed by atoms with van der Waals surface area (Å²) in [5.41, 5.74) is 2.40. The monoisotopic (exact) mass is 430 g/mol. The highest BCUT2D eigenvalue weighted by molar-refractivity contribution is 7.92. The minimum atomic E-state index is -3.87. The topological polar surface area (TPSA) is 66.5 Å². The average molecular weight is 431 g/mol. The van der Waals surface area contributed by atoms with Crippen molar-refractivity contribution in [2.24, 2.45) is 5.92 Å². The second-order valence-electron chi connectivity index (χ2n) is 7.88. The number of carbonyl (C=O) groups excluding carboxylic acids is 1. The summed E-state index contributed by atoms with van der Waals surface area (Å²) in [6.07, 6.45) is 4.31. The third-order valence-electron chi connectivity index (χ3n) is 5.32. The molecule has 0 bridgehead atoms. The van der Waals surface area contributed by atoms with Gasteiger partial charge in [-0.25, -0.2) is 8.42 Å². The van der Waals surface area contributed by atoms with E-state index in [-0.39, 0.29) is 17.3 Å². The fourth-order valence-corrected chi connectivity index (χ4v) is 4.74. The highest BCUT2D eigenvalue weighted by atomic mass is 32.2. The lowest BCUT2D eigenvalue weighted by Gasteiger charge is -2.25. The molecule has 0 saturated carbocycles. The summed E-state index contributed by atoms with van der Waals surface area (Å²) in [7, 11) is -3.87. The summed E-state index contributed by atoms with van der Waals surface area (Å²) in [6.45, 7) is 8.41. The summed E-state index contributed by atoms with van der Waals surface area (Å²) in [5.74, 6) is 0.122. The van der Waals surface area contributed by atoms with Crippen molar-refractivity contribution in [3.05, 3.63) is 59.7 Å². The molecule has 2 rings (SSSR count). The second-order valence-corrected chi connectivity index (χ2v) is 9.75. The zero-order chi connectivity index (χ0) is 22.1. The molecule has 0 heterocycles. The number of sulfonamides is 1. The van der Waals surface area contributed by atoms with Gasteiger partial charge >= 0.3 is 0 Å². The number of nitrogens with one attached hydrogen (secondary N) is 1. The molecule has 0 spiro atoms. The Labute approximate surface area is 181 Å². The zero-order valence-corrected chi connectivity index (χ0v) is 19.3. The van der Waals surface area contributed by atoms with E-state index in [1.54, 1.807) is 42.5 Å². The quantitative estimate of drug-likeness (QED) is 0.555. The molecule has 0 aromatic heterocycles. The Morgan fingerprint density at radius 1 is 1.03 bits per heavy atom. The second kappa shape index (κ2) is 11.2. The predicted molar refractivity (Wildman–Crippen MR) is 123 cm³/mol. The molecule has 5 nitrogen and oxygen atoms in total. The van der Waals surface area contributed by atoms with Crippen molar-refractivity contribution in [1.82, 2.24) is 5.32 Å². The minimum absolute atomic E-state index is 0.178.